The number of carbonyl (C=O) groups is 2. The van der Waals surface area contributed by atoms with Crippen molar-refractivity contribution >= 4 is 35.1 Å². The molecule has 0 radical (unpaired) electrons. The highest BCUT2D eigenvalue weighted by atomic mass is 35.5. The molecular weight excluding hydrogens is 325 g/mol. The van der Waals surface area contributed by atoms with Gasteiger partial charge >= 0.3 is 5.97 Å². The standard InChI is InChI=1S/C16H19Cl2NO3/c17-13-4-1-5-14(18)12(13)9-15(20)19-8-2-3-11(10-19)6-7-16(21)22/h1,4-5,11H,2-3,6-10H2,(H,21,22). The van der Waals surface area contributed by atoms with E-state index in [9.17, 15) is 9.59 Å². The van der Waals surface area contributed by atoms with E-state index in [1.807, 2.05) is 0 Å². The van der Waals surface area contributed by atoms with Crippen LogP contribution >= 0.6 is 23.2 Å². The van der Waals surface area contributed by atoms with Crippen molar-refractivity contribution in [2.24, 2.45) is 5.92 Å². The summed E-state index contributed by atoms with van der Waals surface area (Å²) < 4.78 is 0. The number of carbonyl (C=O) groups excluding carboxylic acids is 1. The fourth-order valence-corrected chi connectivity index (χ4v) is 3.35. The van der Waals surface area contributed by atoms with Crippen molar-refractivity contribution in [1.82, 2.24) is 4.90 Å². The average Bonchev–Trinajstić information content (AvgIpc) is 2.49. The van der Waals surface area contributed by atoms with Crippen LogP contribution in [0.2, 0.25) is 10.0 Å². The highest BCUT2D eigenvalue weighted by Gasteiger charge is 2.25. The number of carboxylic acids is 1. The molecule has 0 spiro atoms. The van der Waals surface area contributed by atoms with Crippen molar-refractivity contribution < 1.29 is 14.7 Å². The lowest BCUT2D eigenvalue weighted by Crippen LogP contribution is -2.40. The van der Waals surface area contributed by atoms with E-state index < -0.39 is 5.97 Å². The smallest absolute Gasteiger partial charge is 0.303 e. The lowest BCUT2D eigenvalue weighted by atomic mass is 9.93. The van der Waals surface area contributed by atoms with Crippen molar-refractivity contribution in [3.8, 4) is 0 Å². The largest absolute Gasteiger partial charge is 0.481 e. The number of hydrogen-bond acceptors (Lipinski definition) is 2. The number of benzene rings is 1. The van der Waals surface area contributed by atoms with Gasteiger partial charge in [0.2, 0.25) is 5.91 Å². The number of piperidine rings is 1. The van der Waals surface area contributed by atoms with E-state index in [4.69, 9.17) is 28.3 Å². The normalized spacial score (nSPS) is 18.3. The number of aliphatic carboxylic acids is 1. The quantitative estimate of drug-likeness (QED) is 0.887. The van der Waals surface area contributed by atoms with Gasteiger partial charge in [0.15, 0.2) is 0 Å². The Bertz CT molecular complexity index is 542. The highest BCUT2D eigenvalue weighted by molar-refractivity contribution is 6.36. The van der Waals surface area contributed by atoms with Crippen molar-refractivity contribution in [3.63, 3.8) is 0 Å². The van der Waals surface area contributed by atoms with Crippen LogP contribution in [-0.4, -0.2) is 35.0 Å². The molecular formula is C16H19Cl2NO3. The Morgan fingerprint density at radius 3 is 2.59 bits per heavy atom. The minimum absolute atomic E-state index is 0.00461. The first-order valence-electron chi connectivity index (χ1n) is 7.40. The summed E-state index contributed by atoms with van der Waals surface area (Å²) in [7, 11) is 0. The summed E-state index contributed by atoms with van der Waals surface area (Å²) in [4.78, 5) is 24.9. The number of likely N-dealkylation sites (tertiary alicyclic amines) is 1. The predicted octanol–water partition coefficient (Wildman–Crippen LogP) is 3.64. The van der Waals surface area contributed by atoms with Crippen molar-refractivity contribution in [3.05, 3.63) is 33.8 Å². The monoisotopic (exact) mass is 343 g/mol. The Balaban J connectivity index is 1.96. The second-order valence-corrected chi connectivity index (χ2v) is 6.47. The lowest BCUT2D eigenvalue weighted by Gasteiger charge is -2.33. The molecule has 6 heteroatoms. The third kappa shape index (κ3) is 4.62. The van der Waals surface area contributed by atoms with E-state index >= 15 is 0 Å². The molecule has 1 N–H and O–H groups in total. The van der Waals surface area contributed by atoms with Crippen molar-refractivity contribution in [2.75, 3.05) is 13.1 Å². The molecule has 120 valence electrons. The second kappa shape index (κ2) is 7.84. The third-order valence-corrected chi connectivity index (χ3v) is 4.74. The molecule has 1 aromatic carbocycles. The summed E-state index contributed by atoms with van der Waals surface area (Å²) in [5.41, 5.74) is 0.656. The second-order valence-electron chi connectivity index (χ2n) is 5.66. The molecule has 1 aromatic rings. The molecule has 1 unspecified atom stereocenters. The number of nitrogens with zero attached hydrogens (tertiary/aromatic N) is 1. The summed E-state index contributed by atoms with van der Waals surface area (Å²) >= 11 is 12.2. The maximum atomic E-state index is 12.4. The molecule has 22 heavy (non-hydrogen) atoms. The van der Waals surface area contributed by atoms with Gasteiger partial charge in [0, 0.05) is 29.6 Å². The molecule has 1 aliphatic rings. The van der Waals surface area contributed by atoms with Gasteiger partial charge in [-0.1, -0.05) is 29.3 Å². The topological polar surface area (TPSA) is 57.6 Å². The summed E-state index contributed by atoms with van der Waals surface area (Å²) in [6, 6.07) is 5.20. The van der Waals surface area contributed by atoms with Crippen LogP contribution in [0.5, 0.6) is 0 Å². The summed E-state index contributed by atoms with van der Waals surface area (Å²) in [6.45, 7) is 1.33. The van der Waals surface area contributed by atoms with Crippen LogP contribution in [0.3, 0.4) is 0 Å². The number of hydrogen-bond donors (Lipinski definition) is 1. The van der Waals surface area contributed by atoms with Crippen LogP contribution in [0.4, 0.5) is 0 Å². The molecule has 2 rings (SSSR count). The third-order valence-electron chi connectivity index (χ3n) is 4.03. The first kappa shape index (κ1) is 17.1. The van der Waals surface area contributed by atoms with Crippen LogP contribution in [0, 0.1) is 5.92 Å². The van der Waals surface area contributed by atoms with Gasteiger partial charge < -0.3 is 10.0 Å². The minimum Gasteiger partial charge on any atom is -0.481 e. The zero-order valence-corrected chi connectivity index (χ0v) is 13.7. The van der Waals surface area contributed by atoms with Gasteiger partial charge in [0.25, 0.3) is 0 Å². The van der Waals surface area contributed by atoms with Crippen molar-refractivity contribution in [2.45, 2.75) is 32.1 Å². The number of amides is 1. The fourth-order valence-electron chi connectivity index (χ4n) is 2.82. The molecule has 0 saturated carbocycles. The molecule has 1 atom stereocenters. The minimum atomic E-state index is -0.786. The van der Waals surface area contributed by atoms with Crippen LogP contribution in [0.1, 0.15) is 31.2 Å². The average molecular weight is 344 g/mol. The van der Waals surface area contributed by atoms with Gasteiger partial charge in [-0.05, 0) is 42.9 Å². The Kier molecular flexibility index (Phi) is 6.09. The van der Waals surface area contributed by atoms with Crippen LogP contribution < -0.4 is 0 Å². The fraction of sp³-hybridized carbons (Fsp3) is 0.500. The molecule has 1 heterocycles. The predicted molar refractivity (Wildman–Crippen MR) is 86.3 cm³/mol. The lowest BCUT2D eigenvalue weighted by molar-refractivity contribution is -0.137. The van der Waals surface area contributed by atoms with Crippen LogP contribution in [0.25, 0.3) is 0 Å². The Morgan fingerprint density at radius 1 is 1.27 bits per heavy atom. The number of rotatable bonds is 5. The maximum absolute atomic E-state index is 12.4. The number of halogens is 2. The van der Waals surface area contributed by atoms with Gasteiger partial charge in [-0.2, -0.15) is 0 Å². The summed E-state index contributed by atoms with van der Waals surface area (Å²) in [5, 5.41) is 9.77. The van der Waals surface area contributed by atoms with Gasteiger partial charge in [-0.3, -0.25) is 9.59 Å². The molecule has 1 saturated heterocycles. The summed E-state index contributed by atoms with van der Waals surface area (Å²) in [6.07, 6.45) is 2.84. The SMILES string of the molecule is O=C(O)CCC1CCCN(C(=O)Cc2c(Cl)cccc2Cl)C1. The van der Waals surface area contributed by atoms with E-state index in [1.54, 1.807) is 23.1 Å². The molecule has 1 amide bonds. The Morgan fingerprint density at radius 2 is 1.95 bits per heavy atom. The van der Waals surface area contributed by atoms with Crippen molar-refractivity contribution in [1.29, 1.82) is 0 Å². The Hall–Kier alpha value is -1.26. The van der Waals surface area contributed by atoms with E-state index in [0.717, 1.165) is 12.8 Å². The van der Waals surface area contributed by atoms with Crippen LogP contribution in [0.15, 0.2) is 18.2 Å². The zero-order chi connectivity index (χ0) is 16.1. The van der Waals surface area contributed by atoms with Crippen LogP contribution in [-0.2, 0) is 16.0 Å². The molecule has 0 aromatic heterocycles. The first-order valence-corrected chi connectivity index (χ1v) is 8.15. The molecule has 0 bridgehead atoms. The van der Waals surface area contributed by atoms with E-state index in [-0.39, 0.29) is 24.7 Å². The van der Waals surface area contributed by atoms with E-state index in [1.165, 1.54) is 0 Å². The first-order chi connectivity index (χ1) is 10.5. The molecule has 4 nitrogen and oxygen atoms in total. The Labute approximate surface area is 140 Å². The molecule has 0 aliphatic carbocycles. The molecule has 1 aliphatic heterocycles. The van der Waals surface area contributed by atoms with Gasteiger partial charge in [-0.25, -0.2) is 0 Å². The van der Waals surface area contributed by atoms with Gasteiger partial charge in [0.1, 0.15) is 0 Å². The summed E-state index contributed by atoms with van der Waals surface area (Å²) in [5.74, 6) is -0.531. The number of carboxylic acid groups (broad SMARTS) is 1. The van der Waals surface area contributed by atoms with Gasteiger partial charge in [-0.15, -0.1) is 0 Å². The van der Waals surface area contributed by atoms with Gasteiger partial charge in [0.05, 0.1) is 6.42 Å². The highest BCUT2D eigenvalue weighted by Crippen LogP contribution is 2.27. The zero-order valence-electron chi connectivity index (χ0n) is 12.2. The maximum Gasteiger partial charge on any atom is 0.303 e. The van der Waals surface area contributed by atoms with E-state index in [0.29, 0.717) is 35.1 Å². The van der Waals surface area contributed by atoms with E-state index in [2.05, 4.69) is 0 Å². The molecule has 1 fully saturated rings.